The molecule has 0 aliphatic carbocycles. The minimum Gasteiger partial charge on any atom is -0.384 e. The smallest absolute Gasteiger partial charge is 0.0459 e. The van der Waals surface area contributed by atoms with Crippen molar-refractivity contribution in [2.75, 3.05) is 11.9 Å². The molecule has 0 radical (unpaired) electrons. The Morgan fingerprint density at radius 3 is 2.06 bits per heavy atom. The van der Waals surface area contributed by atoms with Gasteiger partial charge in [0.2, 0.25) is 0 Å². The molecule has 4 rings (SSSR count). The number of nitrogens with one attached hydrogen (secondary N) is 1. The molecule has 1 N–H and O–H groups in total. The molecule has 0 unspecified atom stereocenters. The largest absolute Gasteiger partial charge is 0.384 e. The number of rotatable bonds is 0. The van der Waals surface area contributed by atoms with Gasteiger partial charge in [0.1, 0.15) is 0 Å². The first kappa shape index (κ1) is 9.06. The number of fused-ring (bicyclic) bond motifs is 6. The molecule has 3 aromatic rings. The molecule has 1 heterocycles. The molecule has 0 aromatic heterocycles. The summed E-state index contributed by atoms with van der Waals surface area (Å²) in [4.78, 5) is 0. The number of hydrogen-bond acceptors (Lipinski definition) is 1. The van der Waals surface area contributed by atoms with Crippen molar-refractivity contribution in [3.05, 3.63) is 54.1 Å². The first-order valence-corrected chi connectivity index (χ1v) is 6.11. The standard InChI is InChI=1S/C16H13N/c1-2-7-13-11(5-1)12-6-3-4-8-14(12)16-15(13)9-10-17-16/h1-8,17H,9-10H2. The molecule has 0 fully saturated rings. The van der Waals surface area contributed by atoms with Crippen LogP contribution in [0.25, 0.3) is 21.5 Å². The van der Waals surface area contributed by atoms with Gasteiger partial charge in [-0.05, 0) is 28.1 Å². The summed E-state index contributed by atoms with van der Waals surface area (Å²) in [6, 6.07) is 17.4. The van der Waals surface area contributed by atoms with Crippen LogP contribution >= 0.6 is 0 Å². The Bertz CT molecular complexity index is 665. The van der Waals surface area contributed by atoms with Crippen LogP contribution < -0.4 is 5.32 Å². The molecular formula is C16H13N. The molecule has 0 spiro atoms. The Labute approximate surface area is 100 Å². The van der Waals surface area contributed by atoms with Gasteiger partial charge in [-0.25, -0.2) is 0 Å². The number of anilines is 1. The Kier molecular flexibility index (Phi) is 1.72. The van der Waals surface area contributed by atoms with Crippen molar-refractivity contribution in [1.82, 2.24) is 0 Å². The second kappa shape index (κ2) is 3.24. The van der Waals surface area contributed by atoms with Gasteiger partial charge in [0, 0.05) is 17.6 Å². The molecular weight excluding hydrogens is 206 g/mol. The third-order valence-electron chi connectivity index (χ3n) is 3.72. The fourth-order valence-electron chi connectivity index (χ4n) is 2.99. The molecule has 1 heteroatoms. The Morgan fingerprint density at radius 2 is 1.29 bits per heavy atom. The summed E-state index contributed by atoms with van der Waals surface area (Å²) in [5, 5.41) is 9.04. The van der Waals surface area contributed by atoms with E-state index in [1.54, 1.807) is 0 Å². The number of benzene rings is 3. The van der Waals surface area contributed by atoms with E-state index in [2.05, 4.69) is 53.8 Å². The Balaban J connectivity index is 2.34. The van der Waals surface area contributed by atoms with E-state index in [4.69, 9.17) is 0 Å². The van der Waals surface area contributed by atoms with Gasteiger partial charge in [0.15, 0.2) is 0 Å². The van der Waals surface area contributed by atoms with Crippen molar-refractivity contribution in [2.45, 2.75) is 6.42 Å². The van der Waals surface area contributed by atoms with E-state index in [0.29, 0.717) is 0 Å². The first-order valence-electron chi connectivity index (χ1n) is 6.11. The SMILES string of the molecule is c1ccc2c(c1)c1c(c3ccccc32)NCC1. The molecule has 0 amide bonds. The highest BCUT2D eigenvalue weighted by molar-refractivity contribution is 6.15. The predicted octanol–water partition coefficient (Wildman–Crippen LogP) is 3.96. The fraction of sp³-hybridized carbons (Fsp3) is 0.125. The van der Waals surface area contributed by atoms with Crippen molar-refractivity contribution in [3.8, 4) is 0 Å². The lowest BCUT2D eigenvalue weighted by atomic mass is 9.95. The summed E-state index contributed by atoms with van der Waals surface area (Å²) < 4.78 is 0. The van der Waals surface area contributed by atoms with Gasteiger partial charge in [-0.3, -0.25) is 0 Å². The molecule has 0 bridgehead atoms. The van der Waals surface area contributed by atoms with Crippen molar-refractivity contribution in [2.24, 2.45) is 0 Å². The van der Waals surface area contributed by atoms with Gasteiger partial charge in [-0.15, -0.1) is 0 Å². The molecule has 17 heavy (non-hydrogen) atoms. The monoisotopic (exact) mass is 219 g/mol. The van der Waals surface area contributed by atoms with Crippen LogP contribution in [0.15, 0.2) is 48.5 Å². The minimum absolute atomic E-state index is 1.06. The topological polar surface area (TPSA) is 12.0 Å². The van der Waals surface area contributed by atoms with Crippen LogP contribution in [0.4, 0.5) is 5.69 Å². The highest BCUT2D eigenvalue weighted by Crippen LogP contribution is 2.38. The van der Waals surface area contributed by atoms with Gasteiger partial charge in [-0.1, -0.05) is 48.5 Å². The van der Waals surface area contributed by atoms with Crippen LogP contribution in [0, 0.1) is 0 Å². The molecule has 0 atom stereocenters. The van der Waals surface area contributed by atoms with Crippen molar-refractivity contribution < 1.29 is 0 Å². The lowest BCUT2D eigenvalue weighted by molar-refractivity contribution is 1.11. The minimum atomic E-state index is 1.06. The Morgan fingerprint density at radius 1 is 0.706 bits per heavy atom. The second-order valence-electron chi connectivity index (χ2n) is 4.62. The zero-order valence-electron chi connectivity index (χ0n) is 9.53. The third-order valence-corrected chi connectivity index (χ3v) is 3.72. The van der Waals surface area contributed by atoms with Crippen LogP contribution in [0.5, 0.6) is 0 Å². The third kappa shape index (κ3) is 1.14. The molecule has 1 nitrogen and oxygen atoms in total. The Hall–Kier alpha value is -2.02. The van der Waals surface area contributed by atoms with Gasteiger partial charge in [0.25, 0.3) is 0 Å². The van der Waals surface area contributed by atoms with Gasteiger partial charge >= 0.3 is 0 Å². The summed E-state index contributed by atoms with van der Waals surface area (Å²) in [5.74, 6) is 0. The maximum absolute atomic E-state index is 3.54. The maximum Gasteiger partial charge on any atom is 0.0459 e. The molecule has 1 aliphatic rings. The van der Waals surface area contributed by atoms with E-state index in [1.165, 1.54) is 32.8 Å². The highest BCUT2D eigenvalue weighted by atomic mass is 14.9. The summed E-state index contributed by atoms with van der Waals surface area (Å²) in [7, 11) is 0. The van der Waals surface area contributed by atoms with E-state index in [1.807, 2.05) is 0 Å². The maximum atomic E-state index is 3.54. The van der Waals surface area contributed by atoms with E-state index < -0.39 is 0 Å². The van der Waals surface area contributed by atoms with Gasteiger partial charge in [0.05, 0.1) is 0 Å². The van der Waals surface area contributed by atoms with Gasteiger partial charge < -0.3 is 5.32 Å². The van der Waals surface area contributed by atoms with Crippen LogP contribution in [-0.2, 0) is 6.42 Å². The average molecular weight is 219 g/mol. The van der Waals surface area contributed by atoms with Crippen LogP contribution in [0.1, 0.15) is 5.56 Å². The fourth-order valence-corrected chi connectivity index (χ4v) is 2.99. The van der Waals surface area contributed by atoms with Crippen molar-refractivity contribution in [1.29, 1.82) is 0 Å². The van der Waals surface area contributed by atoms with Crippen LogP contribution in [-0.4, -0.2) is 6.54 Å². The summed E-state index contributed by atoms with van der Waals surface area (Å²) in [6.45, 7) is 1.06. The van der Waals surface area contributed by atoms with E-state index in [9.17, 15) is 0 Å². The average Bonchev–Trinajstić information content (AvgIpc) is 2.89. The molecule has 0 saturated heterocycles. The van der Waals surface area contributed by atoms with Crippen LogP contribution in [0.3, 0.4) is 0 Å². The zero-order chi connectivity index (χ0) is 11.2. The highest BCUT2D eigenvalue weighted by Gasteiger charge is 2.17. The van der Waals surface area contributed by atoms with Gasteiger partial charge in [-0.2, -0.15) is 0 Å². The lowest BCUT2D eigenvalue weighted by Gasteiger charge is -2.10. The second-order valence-corrected chi connectivity index (χ2v) is 4.62. The molecule has 1 aliphatic heterocycles. The van der Waals surface area contributed by atoms with Crippen molar-refractivity contribution >= 4 is 27.2 Å². The summed E-state index contributed by atoms with van der Waals surface area (Å²) in [6.07, 6.45) is 1.14. The van der Waals surface area contributed by atoms with E-state index >= 15 is 0 Å². The first-order chi connectivity index (χ1) is 8.45. The summed E-state index contributed by atoms with van der Waals surface area (Å²) in [5.41, 5.74) is 2.83. The molecule has 82 valence electrons. The quantitative estimate of drug-likeness (QED) is 0.564. The number of hydrogen-bond donors (Lipinski definition) is 1. The molecule has 0 saturated carbocycles. The van der Waals surface area contributed by atoms with Crippen molar-refractivity contribution in [3.63, 3.8) is 0 Å². The normalized spacial score (nSPS) is 13.9. The lowest BCUT2D eigenvalue weighted by Crippen LogP contribution is -1.91. The van der Waals surface area contributed by atoms with E-state index in [0.717, 1.165) is 13.0 Å². The summed E-state index contributed by atoms with van der Waals surface area (Å²) >= 11 is 0. The zero-order valence-corrected chi connectivity index (χ0v) is 9.53. The van der Waals surface area contributed by atoms with E-state index in [-0.39, 0.29) is 0 Å². The van der Waals surface area contributed by atoms with Crippen LogP contribution in [0.2, 0.25) is 0 Å². The molecule has 3 aromatic carbocycles. The predicted molar refractivity (Wildman–Crippen MR) is 73.6 cm³/mol.